The van der Waals surface area contributed by atoms with Crippen molar-refractivity contribution in [1.82, 2.24) is 0 Å². The highest BCUT2D eigenvalue weighted by atomic mass is 35.5. The molecule has 19 heavy (non-hydrogen) atoms. The van der Waals surface area contributed by atoms with Crippen LogP contribution in [-0.4, -0.2) is 12.6 Å². The molecule has 100 valence electrons. The lowest BCUT2D eigenvalue weighted by Crippen LogP contribution is -2.35. The van der Waals surface area contributed by atoms with Gasteiger partial charge in [-0.05, 0) is 23.6 Å². The van der Waals surface area contributed by atoms with Gasteiger partial charge in [0.25, 0.3) is 0 Å². The van der Waals surface area contributed by atoms with Crippen LogP contribution >= 0.6 is 11.6 Å². The van der Waals surface area contributed by atoms with Crippen molar-refractivity contribution in [2.24, 2.45) is 11.5 Å². The van der Waals surface area contributed by atoms with Crippen molar-refractivity contribution in [3.05, 3.63) is 70.7 Å². The van der Waals surface area contributed by atoms with Crippen LogP contribution in [-0.2, 0) is 6.42 Å². The summed E-state index contributed by atoms with van der Waals surface area (Å²) in [6, 6.07) is 18.0. The molecule has 2 atom stereocenters. The SMILES string of the molecule is NCC(c1ccccc1Cl)C(N)Cc1ccccc1. The van der Waals surface area contributed by atoms with Crippen molar-refractivity contribution in [3.63, 3.8) is 0 Å². The van der Waals surface area contributed by atoms with Gasteiger partial charge in [0.05, 0.1) is 0 Å². The molecule has 0 spiro atoms. The highest BCUT2D eigenvalue weighted by molar-refractivity contribution is 6.31. The zero-order chi connectivity index (χ0) is 13.7. The lowest BCUT2D eigenvalue weighted by Gasteiger charge is -2.24. The highest BCUT2D eigenvalue weighted by Gasteiger charge is 2.20. The number of hydrogen-bond acceptors (Lipinski definition) is 2. The zero-order valence-corrected chi connectivity index (χ0v) is 11.6. The third-order valence-electron chi connectivity index (χ3n) is 3.39. The molecule has 2 rings (SSSR count). The van der Waals surface area contributed by atoms with Crippen molar-refractivity contribution in [2.75, 3.05) is 6.54 Å². The number of rotatable bonds is 5. The molecule has 0 saturated heterocycles. The number of benzene rings is 2. The monoisotopic (exact) mass is 274 g/mol. The van der Waals surface area contributed by atoms with Crippen molar-refractivity contribution in [1.29, 1.82) is 0 Å². The predicted octanol–water partition coefficient (Wildman–Crippen LogP) is 2.95. The van der Waals surface area contributed by atoms with Gasteiger partial charge in [0.15, 0.2) is 0 Å². The fraction of sp³-hybridized carbons (Fsp3) is 0.250. The Kier molecular flexibility index (Phi) is 4.97. The van der Waals surface area contributed by atoms with E-state index in [1.54, 1.807) is 0 Å². The summed E-state index contributed by atoms with van der Waals surface area (Å²) in [5, 5.41) is 0.737. The molecule has 0 radical (unpaired) electrons. The van der Waals surface area contributed by atoms with Crippen molar-refractivity contribution >= 4 is 11.6 Å². The van der Waals surface area contributed by atoms with Crippen LogP contribution in [0.1, 0.15) is 17.0 Å². The Morgan fingerprint density at radius 1 is 0.947 bits per heavy atom. The summed E-state index contributed by atoms with van der Waals surface area (Å²) in [5.74, 6) is 0.0777. The minimum atomic E-state index is -0.0349. The molecule has 0 heterocycles. The second-order valence-corrected chi connectivity index (χ2v) is 5.12. The van der Waals surface area contributed by atoms with Gasteiger partial charge in [0.1, 0.15) is 0 Å². The Morgan fingerprint density at radius 3 is 2.21 bits per heavy atom. The molecule has 0 saturated carbocycles. The van der Waals surface area contributed by atoms with Gasteiger partial charge in [0.2, 0.25) is 0 Å². The summed E-state index contributed by atoms with van der Waals surface area (Å²) in [6.45, 7) is 0.498. The number of nitrogens with two attached hydrogens (primary N) is 2. The Bertz CT molecular complexity index is 513. The predicted molar refractivity (Wildman–Crippen MR) is 81.4 cm³/mol. The van der Waals surface area contributed by atoms with Crippen LogP contribution in [0.2, 0.25) is 5.02 Å². The maximum atomic E-state index is 6.32. The van der Waals surface area contributed by atoms with E-state index in [9.17, 15) is 0 Å². The van der Waals surface area contributed by atoms with Gasteiger partial charge in [0, 0.05) is 23.5 Å². The molecule has 0 aliphatic carbocycles. The van der Waals surface area contributed by atoms with E-state index in [-0.39, 0.29) is 12.0 Å². The first-order valence-corrected chi connectivity index (χ1v) is 6.84. The molecule has 0 aliphatic heterocycles. The van der Waals surface area contributed by atoms with Gasteiger partial charge < -0.3 is 11.5 Å². The summed E-state index contributed by atoms with van der Waals surface area (Å²) < 4.78 is 0. The Hall–Kier alpha value is -1.35. The molecule has 2 nitrogen and oxygen atoms in total. The van der Waals surface area contributed by atoms with Crippen molar-refractivity contribution in [3.8, 4) is 0 Å². The molecule has 2 aromatic rings. The van der Waals surface area contributed by atoms with E-state index in [0.29, 0.717) is 6.54 Å². The van der Waals surface area contributed by atoms with Crippen LogP contribution in [0, 0.1) is 0 Å². The van der Waals surface area contributed by atoms with Gasteiger partial charge in [-0.1, -0.05) is 60.1 Å². The van der Waals surface area contributed by atoms with Crippen molar-refractivity contribution in [2.45, 2.75) is 18.4 Å². The first kappa shape index (κ1) is 14.1. The number of halogens is 1. The van der Waals surface area contributed by atoms with E-state index in [2.05, 4.69) is 12.1 Å². The summed E-state index contributed by atoms with van der Waals surface area (Å²) >= 11 is 6.23. The molecule has 0 amide bonds. The van der Waals surface area contributed by atoms with E-state index < -0.39 is 0 Å². The third kappa shape index (κ3) is 3.57. The van der Waals surface area contributed by atoms with Crippen LogP contribution in [0.25, 0.3) is 0 Å². The molecular weight excluding hydrogens is 256 g/mol. The summed E-state index contributed by atoms with van der Waals surface area (Å²) in [5.41, 5.74) is 14.5. The molecular formula is C16H19ClN2. The Morgan fingerprint density at radius 2 is 1.58 bits per heavy atom. The average Bonchev–Trinajstić information content (AvgIpc) is 2.43. The Labute approximate surface area is 119 Å². The van der Waals surface area contributed by atoms with E-state index in [1.807, 2.05) is 42.5 Å². The molecule has 0 aliphatic rings. The molecule has 3 heteroatoms. The first-order valence-electron chi connectivity index (χ1n) is 6.46. The quantitative estimate of drug-likeness (QED) is 0.881. The molecule has 0 bridgehead atoms. The zero-order valence-electron chi connectivity index (χ0n) is 10.8. The first-order chi connectivity index (χ1) is 9.22. The molecule has 0 fully saturated rings. The van der Waals surface area contributed by atoms with Crippen LogP contribution in [0.3, 0.4) is 0 Å². The molecule has 0 aromatic heterocycles. The average molecular weight is 275 g/mol. The Balaban J connectivity index is 2.16. The molecule has 2 unspecified atom stereocenters. The topological polar surface area (TPSA) is 52.0 Å². The fourth-order valence-corrected chi connectivity index (χ4v) is 2.61. The highest BCUT2D eigenvalue weighted by Crippen LogP contribution is 2.26. The second-order valence-electron chi connectivity index (χ2n) is 4.72. The normalized spacial score (nSPS) is 14.1. The molecule has 2 aromatic carbocycles. The standard InChI is InChI=1S/C16H19ClN2/c17-15-9-5-4-8-13(15)14(11-18)16(19)10-12-6-2-1-3-7-12/h1-9,14,16H,10-11,18-19H2. The van der Waals surface area contributed by atoms with Gasteiger partial charge >= 0.3 is 0 Å². The largest absolute Gasteiger partial charge is 0.330 e. The van der Waals surface area contributed by atoms with Gasteiger partial charge in [-0.2, -0.15) is 0 Å². The van der Waals surface area contributed by atoms with E-state index in [0.717, 1.165) is 17.0 Å². The minimum Gasteiger partial charge on any atom is -0.330 e. The van der Waals surface area contributed by atoms with Crippen molar-refractivity contribution < 1.29 is 0 Å². The third-order valence-corrected chi connectivity index (χ3v) is 3.73. The van der Waals surface area contributed by atoms with E-state index >= 15 is 0 Å². The van der Waals surface area contributed by atoms with Gasteiger partial charge in [-0.15, -0.1) is 0 Å². The lowest BCUT2D eigenvalue weighted by molar-refractivity contribution is 0.535. The molecule has 4 N–H and O–H groups in total. The lowest BCUT2D eigenvalue weighted by atomic mass is 9.88. The smallest absolute Gasteiger partial charge is 0.0441 e. The fourth-order valence-electron chi connectivity index (χ4n) is 2.34. The van der Waals surface area contributed by atoms with Gasteiger partial charge in [-0.25, -0.2) is 0 Å². The summed E-state index contributed by atoms with van der Waals surface area (Å²) in [4.78, 5) is 0. The van der Waals surface area contributed by atoms with E-state index in [4.69, 9.17) is 23.1 Å². The van der Waals surface area contributed by atoms with E-state index in [1.165, 1.54) is 5.56 Å². The summed E-state index contributed by atoms with van der Waals surface area (Å²) in [7, 11) is 0. The second kappa shape index (κ2) is 6.71. The summed E-state index contributed by atoms with van der Waals surface area (Å²) in [6.07, 6.45) is 0.800. The maximum absolute atomic E-state index is 6.32. The van der Waals surface area contributed by atoms with Crippen LogP contribution in [0.5, 0.6) is 0 Å². The van der Waals surface area contributed by atoms with Crippen LogP contribution in [0.4, 0.5) is 0 Å². The maximum Gasteiger partial charge on any atom is 0.0441 e. The number of hydrogen-bond donors (Lipinski definition) is 2. The van der Waals surface area contributed by atoms with Crippen LogP contribution in [0.15, 0.2) is 54.6 Å². The minimum absolute atomic E-state index is 0.0349. The van der Waals surface area contributed by atoms with Gasteiger partial charge in [-0.3, -0.25) is 0 Å². The van der Waals surface area contributed by atoms with Crippen LogP contribution < -0.4 is 11.5 Å².